The number of rotatable bonds is 16. The number of hydrogen-bond acceptors (Lipinski definition) is 8. The number of ether oxygens (including phenoxy) is 1. The van der Waals surface area contributed by atoms with Gasteiger partial charge in [-0.05, 0) is 53.9 Å². The number of likely N-dealkylation sites (tertiary alicyclic amines) is 1. The van der Waals surface area contributed by atoms with Crippen molar-refractivity contribution in [1.82, 2.24) is 31.1 Å². The Bertz CT molecular complexity index is 1510. The summed E-state index contributed by atoms with van der Waals surface area (Å²) in [5.74, 6) is -3.99. The van der Waals surface area contributed by atoms with Crippen molar-refractivity contribution in [3.05, 3.63) is 35.9 Å². The van der Waals surface area contributed by atoms with Crippen LogP contribution in [0.2, 0.25) is 0 Å². The van der Waals surface area contributed by atoms with Gasteiger partial charge in [-0.15, -0.1) is 0 Å². The van der Waals surface area contributed by atoms with Crippen molar-refractivity contribution in [2.75, 3.05) is 33.8 Å². The first-order valence-electron chi connectivity index (χ1n) is 19.0. The van der Waals surface area contributed by atoms with E-state index in [1.807, 2.05) is 34.6 Å². The number of nitrogens with zero attached hydrogens (tertiary/aromatic N) is 2. The highest BCUT2D eigenvalue weighted by molar-refractivity contribution is 6.38. The predicted molar refractivity (Wildman–Crippen MR) is 197 cm³/mol. The summed E-state index contributed by atoms with van der Waals surface area (Å²) in [4.78, 5) is 96.5. The fourth-order valence-electron chi connectivity index (χ4n) is 7.88. The van der Waals surface area contributed by atoms with E-state index in [9.17, 15) is 33.6 Å². The lowest BCUT2D eigenvalue weighted by Crippen LogP contribution is -2.59. The van der Waals surface area contributed by atoms with Crippen LogP contribution in [0.1, 0.15) is 91.2 Å². The zero-order valence-electron chi connectivity index (χ0n) is 32.2. The summed E-state index contributed by atoms with van der Waals surface area (Å²) in [5, 5.41) is 10.6. The van der Waals surface area contributed by atoms with Gasteiger partial charge in [0, 0.05) is 20.6 Å². The number of alkyl carbamates (subject to hydrolysis) is 1. The molecule has 0 spiro atoms. The lowest BCUT2D eigenvalue weighted by atomic mass is 9.83. The third kappa shape index (κ3) is 10.1. The molecule has 0 bridgehead atoms. The van der Waals surface area contributed by atoms with E-state index < -0.39 is 60.3 Å². The minimum Gasteiger partial charge on any atom is -0.449 e. The summed E-state index contributed by atoms with van der Waals surface area (Å²) in [6.45, 7) is 9.73. The highest BCUT2D eigenvalue weighted by atomic mass is 16.5. The van der Waals surface area contributed by atoms with Gasteiger partial charge in [-0.1, -0.05) is 90.6 Å². The zero-order chi connectivity index (χ0) is 39.0. The first-order valence-corrected chi connectivity index (χ1v) is 19.0. The van der Waals surface area contributed by atoms with Crippen LogP contribution in [-0.4, -0.2) is 103 Å². The van der Waals surface area contributed by atoms with Gasteiger partial charge in [0.15, 0.2) is 0 Å². The molecule has 14 heteroatoms. The van der Waals surface area contributed by atoms with Crippen molar-refractivity contribution in [2.45, 2.75) is 104 Å². The highest BCUT2D eigenvalue weighted by Gasteiger charge is 2.69. The van der Waals surface area contributed by atoms with Crippen molar-refractivity contribution < 1.29 is 38.3 Å². The molecule has 3 unspecified atom stereocenters. The maximum Gasteiger partial charge on any atom is 0.407 e. The van der Waals surface area contributed by atoms with Gasteiger partial charge in [0.25, 0.3) is 5.91 Å². The molecule has 6 amide bonds. The molecule has 1 saturated heterocycles. The van der Waals surface area contributed by atoms with Crippen molar-refractivity contribution in [1.29, 1.82) is 0 Å². The van der Waals surface area contributed by atoms with Gasteiger partial charge in [0.2, 0.25) is 29.4 Å². The average Bonchev–Trinajstić information content (AvgIpc) is 3.43. The van der Waals surface area contributed by atoms with Gasteiger partial charge in [-0.3, -0.25) is 28.8 Å². The second kappa shape index (κ2) is 18.0. The van der Waals surface area contributed by atoms with E-state index in [1.54, 1.807) is 49.3 Å². The molecule has 4 rings (SSSR count). The van der Waals surface area contributed by atoms with E-state index in [0.717, 1.165) is 32.1 Å². The topological polar surface area (TPSA) is 183 Å². The fourth-order valence-corrected chi connectivity index (χ4v) is 7.88. The molecule has 3 aliphatic rings. The third-order valence-corrected chi connectivity index (χ3v) is 10.9. The van der Waals surface area contributed by atoms with Gasteiger partial charge in [0.05, 0.1) is 19.2 Å². The van der Waals surface area contributed by atoms with Crippen LogP contribution in [0, 0.1) is 29.1 Å². The Morgan fingerprint density at radius 1 is 0.943 bits per heavy atom. The number of hydrogen-bond donors (Lipinski definition) is 4. The molecule has 3 fully saturated rings. The Kier molecular flexibility index (Phi) is 14.0. The maximum atomic E-state index is 14.3. The monoisotopic (exact) mass is 738 g/mol. The van der Waals surface area contributed by atoms with Gasteiger partial charge in [0.1, 0.15) is 18.1 Å². The molecular formula is C39H58N6O8. The minimum absolute atomic E-state index is 0.0586. The molecule has 0 radical (unpaired) electrons. The van der Waals surface area contributed by atoms with Crippen LogP contribution in [0.5, 0.6) is 0 Å². The third-order valence-electron chi connectivity index (χ3n) is 10.9. The summed E-state index contributed by atoms with van der Waals surface area (Å²) in [7, 11) is 3.13. The molecular weight excluding hydrogens is 680 g/mol. The Morgan fingerprint density at radius 2 is 1.60 bits per heavy atom. The van der Waals surface area contributed by atoms with E-state index >= 15 is 0 Å². The Labute approximate surface area is 312 Å². The van der Waals surface area contributed by atoms with E-state index in [0.29, 0.717) is 18.5 Å². The number of benzene rings is 1. The SMILES string of the molecule is CCCC(NC(=O)C1[C@@H]2[C@H](CN1C(=O)[C@@H](NC(=O)OCC(C)C)C1CCCCC1)C2(C)C)C(=O)C(=O)NCC(=O)NC(C(=O)N(C)C)c1ccccc1. The molecule has 4 N–H and O–H groups in total. The van der Waals surface area contributed by atoms with Crippen molar-refractivity contribution >= 4 is 41.4 Å². The molecule has 0 aromatic heterocycles. The quantitative estimate of drug-likeness (QED) is 0.187. The molecule has 14 nitrogen and oxygen atoms in total. The average molecular weight is 739 g/mol. The molecule has 2 saturated carbocycles. The first-order chi connectivity index (χ1) is 25.1. The summed E-state index contributed by atoms with van der Waals surface area (Å²) >= 11 is 0. The summed E-state index contributed by atoms with van der Waals surface area (Å²) in [6.07, 6.45) is 4.42. The van der Waals surface area contributed by atoms with Crippen LogP contribution in [0.25, 0.3) is 0 Å². The second-order valence-corrected chi connectivity index (χ2v) is 15.9. The Balaban J connectivity index is 1.44. The number of carbonyl (C=O) groups excluding carboxylic acids is 7. The molecule has 2 aliphatic carbocycles. The van der Waals surface area contributed by atoms with Crippen LogP contribution in [0.4, 0.5) is 4.79 Å². The molecule has 1 aromatic rings. The maximum absolute atomic E-state index is 14.3. The number of amides is 6. The number of Topliss-reactive ketones (excluding diaryl/α,β-unsaturated/α-hetero) is 1. The number of nitrogens with one attached hydrogen (secondary N) is 4. The predicted octanol–water partition coefficient (Wildman–Crippen LogP) is 2.72. The van der Waals surface area contributed by atoms with Crippen LogP contribution in [-0.2, 0) is 33.5 Å². The lowest BCUT2D eigenvalue weighted by molar-refractivity contribution is -0.145. The smallest absolute Gasteiger partial charge is 0.407 e. The fraction of sp³-hybridized carbons (Fsp3) is 0.667. The molecule has 1 heterocycles. The normalized spacial score (nSPS) is 22.0. The van der Waals surface area contributed by atoms with Crippen LogP contribution in [0.3, 0.4) is 0 Å². The molecule has 1 aromatic carbocycles. The number of likely N-dealkylation sites (N-methyl/N-ethyl adjacent to an activating group) is 1. The molecule has 292 valence electrons. The van der Waals surface area contributed by atoms with Crippen molar-refractivity contribution in [2.24, 2.45) is 29.1 Å². The summed E-state index contributed by atoms with van der Waals surface area (Å²) in [5.41, 5.74) is 0.337. The van der Waals surface area contributed by atoms with E-state index in [2.05, 4.69) is 21.3 Å². The van der Waals surface area contributed by atoms with E-state index in [4.69, 9.17) is 4.74 Å². The molecule has 53 heavy (non-hydrogen) atoms. The molecule has 6 atom stereocenters. The highest BCUT2D eigenvalue weighted by Crippen LogP contribution is 2.65. The number of piperidine rings is 1. The van der Waals surface area contributed by atoms with E-state index in [-0.39, 0.29) is 53.9 Å². The number of ketones is 1. The zero-order valence-corrected chi connectivity index (χ0v) is 32.2. The van der Waals surface area contributed by atoms with Gasteiger partial charge < -0.3 is 35.8 Å². The Morgan fingerprint density at radius 3 is 2.21 bits per heavy atom. The van der Waals surface area contributed by atoms with Crippen LogP contribution >= 0.6 is 0 Å². The summed E-state index contributed by atoms with van der Waals surface area (Å²) in [6, 6.07) is 4.71. The van der Waals surface area contributed by atoms with Gasteiger partial charge in [-0.25, -0.2) is 4.79 Å². The van der Waals surface area contributed by atoms with Gasteiger partial charge >= 0.3 is 6.09 Å². The summed E-state index contributed by atoms with van der Waals surface area (Å²) < 4.78 is 5.38. The standard InChI is InChI=1S/C39H58N6O8/c1-8-15-27(33(47)35(49)40-20-28(46)42-30(36(50)44(6)7)24-16-11-9-12-17-24)41-34(48)32-29-26(39(29,4)5)21-45(32)37(51)31(25-18-13-10-14-19-25)43-38(52)53-22-23(2)3/h9,11-12,16-17,23,25-27,29-32H,8,10,13-15,18-22H2,1-7H3,(H,40,49)(H,41,48)(H,42,46)(H,43,52)/t26-,27?,29-,30?,31-,32?/m0/s1. The largest absolute Gasteiger partial charge is 0.449 e. The van der Waals surface area contributed by atoms with E-state index in [1.165, 1.54) is 4.90 Å². The minimum atomic E-state index is -1.20. The second-order valence-electron chi connectivity index (χ2n) is 15.9. The number of carbonyl (C=O) groups is 7. The van der Waals surface area contributed by atoms with Crippen molar-refractivity contribution in [3.63, 3.8) is 0 Å². The van der Waals surface area contributed by atoms with Crippen LogP contribution in [0.15, 0.2) is 30.3 Å². The van der Waals surface area contributed by atoms with Crippen LogP contribution < -0.4 is 21.3 Å². The first kappa shape index (κ1) is 41.3. The lowest BCUT2D eigenvalue weighted by Gasteiger charge is -2.37. The van der Waals surface area contributed by atoms with Gasteiger partial charge in [-0.2, -0.15) is 0 Å². The Hall–Kier alpha value is -4.49. The van der Waals surface area contributed by atoms with Crippen molar-refractivity contribution in [3.8, 4) is 0 Å². The molecule has 1 aliphatic heterocycles. The number of fused-ring (bicyclic) bond motifs is 1.